The maximum Gasteiger partial charge on any atom is 0.273 e. The number of imide groups is 1. The van der Waals surface area contributed by atoms with E-state index in [4.69, 9.17) is 81.2 Å². The van der Waals surface area contributed by atoms with Gasteiger partial charge in [0.15, 0.2) is 4.33 Å². The fourth-order valence-corrected chi connectivity index (χ4v) is 8.00. The number of fused-ring (bicyclic) bond motifs is 5. The largest absolute Gasteiger partial charge is 0.273 e. The van der Waals surface area contributed by atoms with E-state index in [-0.39, 0.29) is 22.2 Å². The summed E-state index contributed by atoms with van der Waals surface area (Å²) in [5, 5.41) is 1.79. The molecule has 3 amide bonds. The van der Waals surface area contributed by atoms with Crippen molar-refractivity contribution in [3.05, 3.63) is 80.8 Å². The van der Waals surface area contributed by atoms with Crippen molar-refractivity contribution >= 4 is 98.9 Å². The van der Waals surface area contributed by atoms with Crippen molar-refractivity contribution in [2.75, 3.05) is 0 Å². The van der Waals surface area contributed by atoms with Crippen LogP contribution in [0, 0.1) is 11.8 Å². The van der Waals surface area contributed by atoms with Crippen LogP contribution in [0.1, 0.15) is 15.9 Å². The Morgan fingerprint density at radius 1 is 0.800 bits per heavy atom. The van der Waals surface area contributed by atoms with Crippen molar-refractivity contribution in [2.45, 2.75) is 20.6 Å². The van der Waals surface area contributed by atoms with Gasteiger partial charge >= 0.3 is 0 Å². The molecule has 1 aliphatic heterocycles. The van der Waals surface area contributed by atoms with Crippen molar-refractivity contribution in [1.82, 2.24) is 10.0 Å². The number of rotatable bonds is 4. The first-order chi connectivity index (χ1) is 16.4. The average Bonchev–Trinajstić information content (AvgIpc) is 3.22. The Labute approximate surface area is 235 Å². The number of hydrogen-bond acceptors (Lipinski definition) is 3. The predicted octanol–water partition coefficient (Wildman–Crippen LogP) is 6.34. The smallest absolute Gasteiger partial charge is 0.272 e. The molecule has 12 heteroatoms. The zero-order valence-corrected chi connectivity index (χ0v) is 22.6. The first-order valence-corrected chi connectivity index (χ1v) is 12.8. The third kappa shape index (κ3) is 3.19. The van der Waals surface area contributed by atoms with Crippen LogP contribution >= 0.6 is 81.2 Å². The van der Waals surface area contributed by atoms with E-state index in [0.717, 1.165) is 10.0 Å². The molecule has 2 fully saturated rings. The highest BCUT2D eigenvalue weighted by molar-refractivity contribution is 6.66. The van der Waals surface area contributed by atoms with E-state index in [2.05, 4.69) is 0 Å². The molecule has 5 rings (SSSR count). The van der Waals surface area contributed by atoms with Gasteiger partial charge in [0.2, 0.25) is 0 Å². The van der Waals surface area contributed by atoms with Crippen LogP contribution in [0.4, 0.5) is 0 Å². The van der Waals surface area contributed by atoms with Gasteiger partial charge in [0.1, 0.15) is 9.75 Å². The first kappa shape index (κ1) is 25.5. The number of carbonyl (C=O) groups is 3. The molecule has 5 nitrogen and oxygen atoms in total. The highest BCUT2D eigenvalue weighted by atomic mass is 35.5. The fraction of sp³-hybridized carbons (Fsp3) is 0.261. The van der Waals surface area contributed by atoms with E-state index < -0.39 is 43.6 Å². The zero-order chi connectivity index (χ0) is 25.5. The molecule has 3 aliphatic rings. The number of nitrogens with zero attached hydrogens (tertiary/aromatic N) is 2. The highest BCUT2D eigenvalue weighted by Gasteiger charge is 2.88. The topological polar surface area (TPSA) is 57.7 Å². The summed E-state index contributed by atoms with van der Waals surface area (Å²) in [5.74, 6) is -4.96. The van der Waals surface area contributed by atoms with Crippen LogP contribution in [0.25, 0.3) is 0 Å². The van der Waals surface area contributed by atoms with E-state index >= 15 is 0 Å². The molecule has 2 aromatic carbocycles. The van der Waals surface area contributed by atoms with Crippen LogP contribution in [0.5, 0.6) is 0 Å². The lowest BCUT2D eigenvalue weighted by Gasteiger charge is -2.37. The first-order valence-electron chi connectivity index (χ1n) is 10.2. The van der Waals surface area contributed by atoms with Gasteiger partial charge in [-0.3, -0.25) is 14.4 Å². The minimum absolute atomic E-state index is 0.106. The second-order valence-corrected chi connectivity index (χ2v) is 12.1. The average molecular weight is 614 g/mol. The number of allylic oxidation sites excluding steroid dienone is 2. The van der Waals surface area contributed by atoms with E-state index in [1.165, 1.54) is 24.3 Å². The Balaban J connectivity index is 1.61. The molecule has 2 aromatic rings. The molecule has 1 saturated carbocycles. The quantitative estimate of drug-likeness (QED) is 0.299. The summed E-state index contributed by atoms with van der Waals surface area (Å²) < 4.78 is -2.06. The summed E-state index contributed by atoms with van der Waals surface area (Å²) in [6.07, 6.45) is 0. The molecule has 1 heterocycles. The number of amides is 3. The lowest BCUT2D eigenvalue weighted by atomic mass is 9.84. The van der Waals surface area contributed by atoms with Gasteiger partial charge in [-0.2, -0.15) is 5.01 Å². The molecule has 0 unspecified atom stereocenters. The molecule has 182 valence electrons. The van der Waals surface area contributed by atoms with Crippen LogP contribution in [0.2, 0.25) is 5.02 Å². The van der Waals surface area contributed by atoms with Crippen molar-refractivity contribution in [1.29, 1.82) is 0 Å². The van der Waals surface area contributed by atoms with Crippen LogP contribution in [0.15, 0.2) is 64.7 Å². The molecule has 0 spiro atoms. The van der Waals surface area contributed by atoms with Crippen molar-refractivity contribution in [3.8, 4) is 0 Å². The third-order valence-electron chi connectivity index (χ3n) is 6.63. The number of halogens is 7. The molecular formula is C23H13Cl7N2O3. The van der Waals surface area contributed by atoms with Crippen molar-refractivity contribution in [3.63, 3.8) is 0 Å². The van der Waals surface area contributed by atoms with Crippen LogP contribution in [0.3, 0.4) is 0 Å². The van der Waals surface area contributed by atoms with Gasteiger partial charge in [0.05, 0.1) is 28.4 Å². The summed E-state index contributed by atoms with van der Waals surface area (Å²) in [4.78, 5) is 37.3. The number of alkyl halides is 4. The highest BCUT2D eigenvalue weighted by Crippen LogP contribution is 2.77. The van der Waals surface area contributed by atoms with Gasteiger partial charge in [0, 0.05) is 10.6 Å². The van der Waals surface area contributed by atoms with E-state index in [1.807, 2.05) is 0 Å². The molecule has 35 heavy (non-hydrogen) atoms. The Kier molecular flexibility index (Phi) is 6.13. The second-order valence-electron chi connectivity index (χ2n) is 8.42. The SMILES string of the molecule is O=C(c1ccc(Cl)cc1)N(Cc1ccccc1)N1C(=O)[C@H]2[C@H](C1=O)[C@@]1(Cl)C(Cl)=C(Cl)[C@@]2(Cl)C1(Cl)Cl. The molecule has 4 atom stereocenters. The number of hydrazine groups is 1. The van der Waals surface area contributed by atoms with E-state index in [9.17, 15) is 14.4 Å². The van der Waals surface area contributed by atoms with Gasteiger partial charge in [-0.15, -0.1) is 23.2 Å². The van der Waals surface area contributed by atoms with Crippen LogP contribution < -0.4 is 0 Å². The number of hydrogen-bond donors (Lipinski definition) is 0. The van der Waals surface area contributed by atoms with Gasteiger partial charge in [0.25, 0.3) is 17.7 Å². The van der Waals surface area contributed by atoms with Crippen molar-refractivity contribution in [2.24, 2.45) is 11.8 Å². The Bertz CT molecular complexity index is 1250. The molecule has 2 bridgehead atoms. The van der Waals surface area contributed by atoms with Gasteiger partial charge in [-0.1, -0.05) is 88.3 Å². The Hall–Kier alpha value is -1.18. The van der Waals surface area contributed by atoms with Crippen LogP contribution in [-0.4, -0.2) is 41.8 Å². The summed E-state index contributed by atoms with van der Waals surface area (Å²) >= 11 is 45.4. The van der Waals surface area contributed by atoms with Crippen LogP contribution in [-0.2, 0) is 16.1 Å². The Morgan fingerprint density at radius 2 is 1.29 bits per heavy atom. The second kappa shape index (κ2) is 8.42. The maximum absolute atomic E-state index is 13.8. The third-order valence-corrected chi connectivity index (χ3v) is 11.1. The molecule has 0 N–H and O–H groups in total. The molecule has 0 aromatic heterocycles. The fourth-order valence-electron chi connectivity index (χ4n) is 4.95. The Morgan fingerprint density at radius 3 is 1.77 bits per heavy atom. The minimum atomic E-state index is -2.06. The van der Waals surface area contributed by atoms with E-state index in [1.54, 1.807) is 30.3 Å². The van der Waals surface area contributed by atoms with Gasteiger partial charge in [-0.05, 0) is 29.8 Å². The predicted molar refractivity (Wildman–Crippen MR) is 137 cm³/mol. The van der Waals surface area contributed by atoms with Crippen molar-refractivity contribution < 1.29 is 14.4 Å². The summed E-state index contributed by atoms with van der Waals surface area (Å²) in [7, 11) is 0. The van der Waals surface area contributed by atoms with Gasteiger partial charge < -0.3 is 0 Å². The standard InChI is InChI=1S/C23H13Cl7N2O3/c24-13-8-6-12(7-9-13)18(33)31(10-11-4-2-1-3-5-11)32-19(34)14-15(20(32)35)22(28)17(26)16(25)21(14,27)23(22,29)30/h1-9,14-15H,10H2/t14-,15-,21-,22-/m1/s1. The molecule has 0 radical (unpaired) electrons. The maximum atomic E-state index is 13.8. The lowest BCUT2D eigenvalue weighted by molar-refractivity contribution is -0.156. The van der Waals surface area contributed by atoms with E-state index in [0.29, 0.717) is 10.6 Å². The molecule has 2 aliphatic carbocycles. The normalized spacial score (nSPS) is 30.8. The summed E-state index contributed by atoms with van der Waals surface area (Å²) in [6.45, 7) is -0.106. The van der Waals surface area contributed by atoms with Gasteiger partial charge in [-0.25, -0.2) is 5.01 Å². The summed E-state index contributed by atoms with van der Waals surface area (Å²) in [6, 6.07) is 14.9. The summed E-state index contributed by atoms with van der Waals surface area (Å²) in [5.41, 5.74) is 0.861. The molecule has 1 saturated heterocycles. The molecular weight excluding hydrogens is 600 g/mol. The minimum Gasteiger partial charge on any atom is -0.272 e. The monoisotopic (exact) mass is 610 g/mol. The number of carbonyl (C=O) groups excluding carboxylic acids is 3. The zero-order valence-electron chi connectivity index (χ0n) is 17.3. The lowest BCUT2D eigenvalue weighted by Crippen LogP contribution is -2.55. The number of benzene rings is 2.